The fraction of sp³-hybridized carbons (Fsp3) is 0.278. The van der Waals surface area contributed by atoms with Crippen LogP contribution in [-0.2, 0) is 0 Å². The summed E-state index contributed by atoms with van der Waals surface area (Å²) in [4.78, 5) is 14.2. The fourth-order valence-electron chi connectivity index (χ4n) is 2.31. The van der Waals surface area contributed by atoms with Gasteiger partial charge in [0.1, 0.15) is 0 Å². The molecule has 5 nitrogen and oxygen atoms in total. The number of aryl methyl sites for hydroxylation is 1. The maximum Gasteiger partial charge on any atom is 0.319 e. The summed E-state index contributed by atoms with van der Waals surface area (Å²) in [5, 5.41) is 15.7. The summed E-state index contributed by atoms with van der Waals surface area (Å²) in [5.74, 6) is 0. The Morgan fingerprint density at radius 2 is 1.88 bits per heavy atom. The fourth-order valence-corrected chi connectivity index (χ4v) is 2.44. The average Bonchev–Trinajstić information content (AvgIpc) is 2.55. The first-order valence-electron chi connectivity index (χ1n) is 7.62. The second kappa shape index (κ2) is 8.04. The van der Waals surface area contributed by atoms with E-state index in [4.69, 9.17) is 11.6 Å². The number of aliphatic hydroxyl groups is 1. The van der Waals surface area contributed by atoms with E-state index in [1.54, 1.807) is 24.3 Å². The molecule has 0 aliphatic carbocycles. The largest absolute Gasteiger partial charge is 0.394 e. The summed E-state index contributed by atoms with van der Waals surface area (Å²) in [5.41, 5.74) is 3.54. The van der Waals surface area contributed by atoms with Crippen LogP contribution in [0.3, 0.4) is 0 Å². The monoisotopic (exact) mass is 347 g/mol. The van der Waals surface area contributed by atoms with Gasteiger partial charge in [0.25, 0.3) is 0 Å². The molecule has 2 amide bonds. The number of anilines is 2. The Bertz CT molecular complexity index is 702. The molecule has 0 bridgehead atoms. The summed E-state index contributed by atoms with van der Waals surface area (Å²) in [6, 6.07) is 11.9. The Labute approximate surface area is 147 Å². The van der Waals surface area contributed by atoms with Crippen LogP contribution in [0.1, 0.15) is 17.2 Å². The molecule has 2 rings (SSSR count). The van der Waals surface area contributed by atoms with Gasteiger partial charge in [-0.25, -0.2) is 4.79 Å². The molecular weight excluding hydrogens is 326 g/mol. The van der Waals surface area contributed by atoms with E-state index in [0.717, 1.165) is 22.5 Å². The van der Waals surface area contributed by atoms with E-state index in [1.807, 2.05) is 44.1 Å². The molecule has 0 heterocycles. The highest BCUT2D eigenvalue weighted by molar-refractivity contribution is 6.30. The highest BCUT2D eigenvalue weighted by Gasteiger charge is 2.14. The van der Waals surface area contributed by atoms with Gasteiger partial charge in [-0.2, -0.15) is 0 Å². The van der Waals surface area contributed by atoms with Gasteiger partial charge in [0.15, 0.2) is 0 Å². The van der Waals surface area contributed by atoms with E-state index in [0.29, 0.717) is 5.02 Å². The lowest BCUT2D eigenvalue weighted by Crippen LogP contribution is -2.34. The highest BCUT2D eigenvalue weighted by Crippen LogP contribution is 2.22. The van der Waals surface area contributed by atoms with E-state index in [9.17, 15) is 9.90 Å². The lowest BCUT2D eigenvalue weighted by atomic mass is 10.1. The molecule has 0 radical (unpaired) electrons. The van der Waals surface area contributed by atoms with E-state index >= 15 is 0 Å². The minimum absolute atomic E-state index is 0.201. The molecule has 2 aromatic carbocycles. The molecule has 0 fully saturated rings. The number of halogens is 1. The molecule has 3 N–H and O–H groups in total. The molecule has 6 heteroatoms. The van der Waals surface area contributed by atoms with Gasteiger partial charge in [-0.05, 0) is 48.4 Å². The molecule has 0 saturated carbocycles. The van der Waals surface area contributed by atoms with E-state index in [-0.39, 0.29) is 12.6 Å². The number of amides is 2. The number of rotatable bonds is 5. The van der Waals surface area contributed by atoms with Crippen molar-refractivity contribution in [1.29, 1.82) is 0 Å². The molecule has 0 aliphatic rings. The lowest BCUT2D eigenvalue weighted by molar-refractivity contribution is 0.225. The quantitative estimate of drug-likeness (QED) is 0.774. The topological polar surface area (TPSA) is 64.6 Å². The minimum Gasteiger partial charge on any atom is -0.394 e. The van der Waals surface area contributed by atoms with Crippen LogP contribution in [0.15, 0.2) is 42.5 Å². The second-order valence-corrected chi connectivity index (χ2v) is 6.22. The van der Waals surface area contributed by atoms with Crippen molar-refractivity contribution >= 4 is 29.0 Å². The van der Waals surface area contributed by atoms with Crippen LogP contribution >= 0.6 is 11.6 Å². The van der Waals surface area contributed by atoms with Crippen molar-refractivity contribution in [3.05, 3.63) is 58.6 Å². The zero-order valence-corrected chi connectivity index (χ0v) is 14.8. The predicted octanol–water partition coefficient (Wildman–Crippen LogP) is 3.57. The molecule has 1 atom stereocenters. The molecule has 0 aliphatic heterocycles. The third-order valence-electron chi connectivity index (χ3n) is 3.73. The van der Waals surface area contributed by atoms with E-state index < -0.39 is 6.04 Å². The van der Waals surface area contributed by atoms with Gasteiger partial charge in [0.2, 0.25) is 0 Å². The van der Waals surface area contributed by atoms with Crippen molar-refractivity contribution < 1.29 is 9.90 Å². The van der Waals surface area contributed by atoms with Gasteiger partial charge in [0, 0.05) is 30.5 Å². The minimum atomic E-state index is -0.497. The summed E-state index contributed by atoms with van der Waals surface area (Å²) in [6.45, 7) is 1.74. The Hall–Kier alpha value is -2.24. The zero-order chi connectivity index (χ0) is 17.7. The Kier molecular flexibility index (Phi) is 6.06. The third-order valence-corrected chi connectivity index (χ3v) is 3.99. The number of urea groups is 1. The van der Waals surface area contributed by atoms with Crippen molar-refractivity contribution in [2.45, 2.75) is 13.0 Å². The maximum atomic E-state index is 12.2. The van der Waals surface area contributed by atoms with Crippen LogP contribution in [0.4, 0.5) is 16.2 Å². The Morgan fingerprint density at radius 1 is 1.21 bits per heavy atom. The van der Waals surface area contributed by atoms with Crippen molar-refractivity contribution in [1.82, 2.24) is 5.32 Å². The number of benzene rings is 2. The van der Waals surface area contributed by atoms with Crippen LogP contribution in [-0.4, -0.2) is 31.8 Å². The molecule has 128 valence electrons. The summed E-state index contributed by atoms with van der Waals surface area (Å²) in [7, 11) is 3.93. The summed E-state index contributed by atoms with van der Waals surface area (Å²) in [6.07, 6.45) is 0. The highest BCUT2D eigenvalue weighted by atomic mass is 35.5. The van der Waals surface area contributed by atoms with Crippen LogP contribution < -0.4 is 15.5 Å². The Morgan fingerprint density at radius 3 is 2.42 bits per heavy atom. The first-order valence-corrected chi connectivity index (χ1v) is 8.00. The lowest BCUT2D eigenvalue weighted by Gasteiger charge is -2.19. The van der Waals surface area contributed by atoms with Gasteiger partial charge in [-0.15, -0.1) is 0 Å². The molecule has 24 heavy (non-hydrogen) atoms. The average molecular weight is 348 g/mol. The normalized spacial score (nSPS) is 11.7. The van der Waals surface area contributed by atoms with Crippen LogP contribution in [0.25, 0.3) is 0 Å². The Balaban J connectivity index is 2.05. The standard InChI is InChI=1S/C18H22ClN3O2/c1-12-10-15(22(2)3)8-9-16(12)20-18(24)21-17(11-23)13-4-6-14(19)7-5-13/h4-10,17,23H,11H2,1-3H3,(H2,20,21,24). The number of hydrogen-bond donors (Lipinski definition) is 3. The zero-order valence-electron chi connectivity index (χ0n) is 14.0. The number of nitrogens with zero attached hydrogens (tertiary/aromatic N) is 1. The molecular formula is C18H22ClN3O2. The van der Waals surface area contributed by atoms with Crippen molar-refractivity contribution in [3.63, 3.8) is 0 Å². The van der Waals surface area contributed by atoms with Gasteiger partial charge in [0.05, 0.1) is 12.6 Å². The first-order chi connectivity index (χ1) is 11.4. The predicted molar refractivity (Wildman–Crippen MR) is 98.9 cm³/mol. The third kappa shape index (κ3) is 4.63. The number of hydrogen-bond acceptors (Lipinski definition) is 3. The van der Waals surface area contributed by atoms with Gasteiger partial charge < -0.3 is 20.6 Å². The number of nitrogens with one attached hydrogen (secondary N) is 2. The van der Waals surface area contributed by atoms with Crippen molar-refractivity contribution in [3.8, 4) is 0 Å². The van der Waals surface area contributed by atoms with Crippen LogP contribution in [0.5, 0.6) is 0 Å². The summed E-state index contributed by atoms with van der Waals surface area (Å²) < 4.78 is 0. The van der Waals surface area contributed by atoms with E-state index in [1.165, 1.54) is 0 Å². The van der Waals surface area contributed by atoms with Gasteiger partial charge in [-0.1, -0.05) is 23.7 Å². The van der Waals surface area contributed by atoms with Gasteiger partial charge in [-0.3, -0.25) is 0 Å². The van der Waals surface area contributed by atoms with Crippen molar-refractivity contribution in [2.75, 3.05) is 30.9 Å². The summed E-state index contributed by atoms with van der Waals surface area (Å²) >= 11 is 5.86. The first kappa shape index (κ1) is 18.1. The smallest absolute Gasteiger partial charge is 0.319 e. The van der Waals surface area contributed by atoms with Crippen LogP contribution in [0, 0.1) is 6.92 Å². The second-order valence-electron chi connectivity index (χ2n) is 5.78. The number of carbonyl (C=O) groups excluding carboxylic acids is 1. The van der Waals surface area contributed by atoms with Crippen molar-refractivity contribution in [2.24, 2.45) is 0 Å². The maximum absolute atomic E-state index is 12.2. The van der Waals surface area contributed by atoms with E-state index in [2.05, 4.69) is 10.6 Å². The molecule has 0 aromatic heterocycles. The van der Waals surface area contributed by atoms with Gasteiger partial charge >= 0.3 is 6.03 Å². The molecule has 2 aromatic rings. The number of aliphatic hydroxyl groups excluding tert-OH is 1. The molecule has 0 spiro atoms. The molecule has 1 unspecified atom stereocenters. The molecule has 0 saturated heterocycles. The SMILES string of the molecule is Cc1cc(N(C)C)ccc1NC(=O)NC(CO)c1ccc(Cl)cc1. The van der Waals surface area contributed by atoms with Crippen LogP contribution in [0.2, 0.25) is 5.02 Å². The number of carbonyl (C=O) groups is 1.